The Bertz CT molecular complexity index is 183. The number of hydrogen-bond acceptors (Lipinski definition) is 3. The van der Waals surface area contributed by atoms with Crippen LogP contribution in [0, 0.1) is 11.8 Å². The van der Waals surface area contributed by atoms with Gasteiger partial charge in [0.25, 0.3) is 0 Å². The van der Waals surface area contributed by atoms with E-state index in [4.69, 9.17) is 9.84 Å². The molecule has 0 aromatic heterocycles. The fourth-order valence-corrected chi connectivity index (χ4v) is 1.35. The molecule has 0 saturated heterocycles. The molecule has 4 nitrogen and oxygen atoms in total. The maximum atomic E-state index is 11.5. The maximum absolute atomic E-state index is 11.5. The number of nitrogens with one attached hydrogen (secondary N) is 1. The summed E-state index contributed by atoms with van der Waals surface area (Å²) in [7, 11) is 1.62. The van der Waals surface area contributed by atoms with E-state index in [0.29, 0.717) is 13.0 Å². The molecule has 2 atom stereocenters. The summed E-state index contributed by atoms with van der Waals surface area (Å²) in [6, 6.07) is -0.146. The molecule has 0 heterocycles. The van der Waals surface area contributed by atoms with E-state index >= 15 is 0 Å². The Morgan fingerprint density at radius 2 is 2.00 bits per heavy atom. The van der Waals surface area contributed by atoms with Gasteiger partial charge in [-0.3, -0.25) is 4.79 Å². The number of aliphatic hydroxyl groups is 1. The van der Waals surface area contributed by atoms with Gasteiger partial charge in [-0.15, -0.1) is 0 Å². The predicted molar refractivity (Wildman–Crippen MR) is 59.5 cm³/mol. The highest BCUT2D eigenvalue weighted by Gasteiger charge is 2.16. The van der Waals surface area contributed by atoms with E-state index in [0.717, 1.165) is 0 Å². The smallest absolute Gasteiger partial charge is 0.220 e. The molecule has 2 N–H and O–H groups in total. The predicted octanol–water partition coefficient (Wildman–Crippen LogP) is 0.792. The first-order chi connectivity index (χ1) is 7.01. The van der Waals surface area contributed by atoms with Gasteiger partial charge in [-0.05, 0) is 11.8 Å². The zero-order valence-electron chi connectivity index (χ0n) is 10.1. The lowest BCUT2D eigenvalue weighted by atomic mass is 10.0. The Morgan fingerprint density at radius 1 is 1.40 bits per heavy atom. The molecule has 0 saturated carbocycles. The van der Waals surface area contributed by atoms with Crippen LogP contribution in [-0.2, 0) is 9.53 Å². The van der Waals surface area contributed by atoms with Crippen LogP contribution in [0.4, 0.5) is 0 Å². The SMILES string of the molecule is COCC(C)CC(=O)NC(CO)C(C)C. The number of carbonyl (C=O) groups excluding carboxylic acids is 1. The number of carbonyl (C=O) groups is 1. The number of amides is 1. The topological polar surface area (TPSA) is 58.6 Å². The molecule has 1 amide bonds. The van der Waals surface area contributed by atoms with Crippen molar-refractivity contribution < 1.29 is 14.6 Å². The monoisotopic (exact) mass is 217 g/mol. The minimum absolute atomic E-state index is 0.0118. The third kappa shape index (κ3) is 6.47. The lowest BCUT2D eigenvalue weighted by Gasteiger charge is -2.20. The van der Waals surface area contributed by atoms with Gasteiger partial charge >= 0.3 is 0 Å². The second-order valence-corrected chi connectivity index (χ2v) is 4.37. The highest BCUT2D eigenvalue weighted by Crippen LogP contribution is 2.05. The summed E-state index contributed by atoms with van der Waals surface area (Å²) < 4.78 is 4.95. The zero-order chi connectivity index (χ0) is 11.8. The third-order valence-corrected chi connectivity index (χ3v) is 2.33. The summed E-state index contributed by atoms with van der Waals surface area (Å²) in [6.45, 7) is 6.48. The summed E-state index contributed by atoms with van der Waals surface area (Å²) in [6.07, 6.45) is 0.442. The van der Waals surface area contributed by atoms with Crippen LogP contribution in [-0.4, -0.2) is 37.4 Å². The highest BCUT2D eigenvalue weighted by atomic mass is 16.5. The maximum Gasteiger partial charge on any atom is 0.220 e. The first kappa shape index (κ1) is 14.4. The first-order valence-corrected chi connectivity index (χ1v) is 5.40. The third-order valence-electron chi connectivity index (χ3n) is 2.33. The molecule has 90 valence electrons. The summed E-state index contributed by atoms with van der Waals surface area (Å²) >= 11 is 0. The van der Waals surface area contributed by atoms with Gasteiger partial charge in [0.15, 0.2) is 0 Å². The summed E-state index contributed by atoms with van der Waals surface area (Å²) in [4.78, 5) is 11.5. The lowest BCUT2D eigenvalue weighted by molar-refractivity contribution is -0.123. The van der Waals surface area contributed by atoms with E-state index in [1.165, 1.54) is 0 Å². The molecule has 0 aliphatic carbocycles. The van der Waals surface area contributed by atoms with E-state index in [1.54, 1.807) is 7.11 Å². The van der Waals surface area contributed by atoms with Crippen LogP contribution < -0.4 is 5.32 Å². The molecule has 0 fully saturated rings. The minimum Gasteiger partial charge on any atom is -0.394 e. The van der Waals surface area contributed by atoms with Crippen LogP contribution in [0.25, 0.3) is 0 Å². The van der Waals surface area contributed by atoms with E-state index < -0.39 is 0 Å². The quantitative estimate of drug-likeness (QED) is 0.663. The van der Waals surface area contributed by atoms with E-state index in [-0.39, 0.29) is 30.4 Å². The van der Waals surface area contributed by atoms with Crippen molar-refractivity contribution in [1.82, 2.24) is 5.32 Å². The van der Waals surface area contributed by atoms with E-state index in [9.17, 15) is 4.79 Å². The largest absolute Gasteiger partial charge is 0.394 e. The molecule has 0 aromatic carbocycles. The average molecular weight is 217 g/mol. The Hall–Kier alpha value is -0.610. The van der Waals surface area contributed by atoms with Gasteiger partial charge in [-0.1, -0.05) is 20.8 Å². The first-order valence-electron chi connectivity index (χ1n) is 5.40. The van der Waals surface area contributed by atoms with Crippen molar-refractivity contribution in [3.63, 3.8) is 0 Å². The normalized spacial score (nSPS) is 15.1. The molecule has 0 radical (unpaired) electrons. The van der Waals surface area contributed by atoms with Crippen molar-refractivity contribution in [2.75, 3.05) is 20.3 Å². The Morgan fingerprint density at radius 3 is 2.40 bits per heavy atom. The molecule has 0 bridgehead atoms. The molecule has 0 spiro atoms. The second kappa shape index (κ2) is 7.65. The minimum atomic E-state index is -0.146. The van der Waals surface area contributed by atoms with Gasteiger partial charge in [0.2, 0.25) is 5.91 Å². The number of aliphatic hydroxyl groups excluding tert-OH is 1. The number of ether oxygens (including phenoxy) is 1. The van der Waals surface area contributed by atoms with E-state index in [2.05, 4.69) is 5.32 Å². The lowest BCUT2D eigenvalue weighted by Crippen LogP contribution is -2.41. The van der Waals surface area contributed by atoms with Gasteiger partial charge in [-0.25, -0.2) is 0 Å². The van der Waals surface area contributed by atoms with Crippen LogP contribution >= 0.6 is 0 Å². The molecule has 0 rings (SSSR count). The number of rotatable bonds is 7. The van der Waals surface area contributed by atoms with Crippen LogP contribution in [0.1, 0.15) is 27.2 Å². The Labute approximate surface area is 92.0 Å². The molecule has 0 aliphatic heterocycles. The van der Waals surface area contributed by atoms with Crippen molar-refractivity contribution in [3.05, 3.63) is 0 Å². The second-order valence-electron chi connectivity index (χ2n) is 4.37. The highest BCUT2D eigenvalue weighted by molar-refractivity contribution is 5.76. The summed E-state index contributed by atoms with van der Waals surface area (Å²) in [5.41, 5.74) is 0. The van der Waals surface area contributed by atoms with Gasteiger partial charge in [0.1, 0.15) is 0 Å². The van der Waals surface area contributed by atoms with Gasteiger partial charge in [0.05, 0.1) is 12.6 Å². The van der Waals surface area contributed by atoms with Crippen LogP contribution in [0.3, 0.4) is 0 Å². The van der Waals surface area contributed by atoms with Gasteiger partial charge < -0.3 is 15.2 Å². The fraction of sp³-hybridized carbons (Fsp3) is 0.909. The molecular formula is C11H23NO3. The molecule has 0 aromatic rings. The zero-order valence-corrected chi connectivity index (χ0v) is 10.1. The van der Waals surface area contributed by atoms with Crippen molar-refractivity contribution in [3.8, 4) is 0 Å². The molecule has 4 heteroatoms. The molecule has 0 aliphatic rings. The molecule has 2 unspecified atom stereocenters. The van der Waals surface area contributed by atoms with Crippen LogP contribution in [0.2, 0.25) is 0 Å². The van der Waals surface area contributed by atoms with Crippen molar-refractivity contribution >= 4 is 5.91 Å². The van der Waals surface area contributed by atoms with Crippen LogP contribution in [0.5, 0.6) is 0 Å². The Kier molecular flexibility index (Phi) is 7.34. The van der Waals surface area contributed by atoms with E-state index in [1.807, 2.05) is 20.8 Å². The van der Waals surface area contributed by atoms with Gasteiger partial charge in [0, 0.05) is 20.1 Å². The standard InChI is InChI=1S/C11H23NO3/c1-8(2)10(6-13)12-11(14)5-9(3)7-15-4/h8-10,13H,5-7H2,1-4H3,(H,12,14). The Balaban J connectivity index is 3.90. The van der Waals surface area contributed by atoms with Crippen molar-refractivity contribution in [2.45, 2.75) is 33.2 Å². The number of hydrogen-bond donors (Lipinski definition) is 2. The summed E-state index contributed by atoms with van der Waals surface area (Å²) in [5, 5.41) is 11.9. The molecule has 15 heavy (non-hydrogen) atoms. The number of methoxy groups -OCH3 is 1. The van der Waals surface area contributed by atoms with Gasteiger partial charge in [-0.2, -0.15) is 0 Å². The van der Waals surface area contributed by atoms with Crippen LogP contribution in [0.15, 0.2) is 0 Å². The summed E-state index contributed by atoms with van der Waals surface area (Å²) in [5.74, 6) is 0.436. The molecular weight excluding hydrogens is 194 g/mol. The average Bonchev–Trinajstić information content (AvgIpc) is 2.13. The fourth-order valence-electron chi connectivity index (χ4n) is 1.35. The van der Waals surface area contributed by atoms with Crippen molar-refractivity contribution in [1.29, 1.82) is 0 Å². The van der Waals surface area contributed by atoms with Crippen molar-refractivity contribution in [2.24, 2.45) is 11.8 Å².